The molecule has 0 N–H and O–H groups in total. The fourth-order valence-electron chi connectivity index (χ4n) is 3.31. The first-order valence-corrected chi connectivity index (χ1v) is 15.3. The van der Waals surface area contributed by atoms with E-state index in [9.17, 15) is 0 Å². The third kappa shape index (κ3) is 5.89. The van der Waals surface area contributed by atoms with E-state index in [-0.39, 0.29) is 6.73 Å². The molecule has 2 aromatic carbocycles. The molecular weight excluding hydrogens is 471 g/mol. The number of halogens is 2. The first-order chi connectivity index (χ1) is 15.8. The van der Waals surface area contributed by atoms with Crippen molar-refractivity contribution in [3.8, 4) is 0 Å². The zero-order valence-electron chi connectivity index (χ0n) is 18.9. The van der Waals surface area contributed by atoms with Gasteiger partial charge in [0.2, 0.25) is 5.28 Å². The van der Waals surface area contributed by atoms with Crippen LogP contribution in [0.4, 0.5) is 5.82 Å². The summed E-state index contributed by atoms with van der Waals surface area (Å²) in [6.45, 7) is 7.92. The molecule has 0 atom stereocenters. The fraction of sp³-hybridized carbons (Fsp3) is 0.240. The lowest BCUT2D eigenvalue weighted by atomic mass is 10.0. The number of imidazole rings is 1. The first-order valence-electron chi connectivity index (χ1n) is 10.8. The summed E-state index contributed by atoms with van der Waals surface area (Å²) in [5, 5.41) is 0.724. The maximum atomic E-state index is 6.57. The standard InChI is InChI=1S/C25H26Cl2N4OSi/c1-33(2,3)15-14-32-17-31-24-21(28-25(31)27)16-20(26)23(30-24)29-22(18-10-6-4-7-11-18)19-12-8-5-9-13-19/h4-13,16H,14-15,17H2,1-3H3. The van der Waals surface area contributed by atoms with Crippen LogP contribution in [0, 0.1) is 0 Å². The van der Waals surface area contributed by atoms with Gasteiger partial charge >= 0.3 is 0 Å². The van der Waals surface area contributed by atoms with E-state index >= 15 is 0 Å². The summed E-state index contributed by atoms with van der Waals surface area (Å²) in [4.78, 5) is 14.0. The van der Waals surface area contributed by atoms with E-state index in [1.54, 1.807) is 10.6 Å². The molecule has 0 fully saturated rings. The Hall–Kier alpha value is -2.51. The summed E-state index contributed by atoms with van der Waals surface area (Å²) >= 11 is 13.0. The SMILES string of the molecule is C[Si](C)(C)CCOCn1c(Cl)nc2cc(Cl)c(N=C(c3ccccc3)c3ccccc3)nc21. The Balaban J connectivity index is 1.73. The number of ether oxygens (including phenoxy) is 1. The smallest absolute Gasteiger partial charge is 0.206 e. The summed E-state index contributed by atoms with van der Waals surface area (Å²) in [6.07, 6.45) is 0. The van der Waals surface area contributed by atoms with Crippen molar-refractivity contribution in [1.29, 1.82) is 0 Å². The van der Waals surface area contributed by atoms with Gasteiger partial charge in [-0.3, -0.25) is 4.57 Å². The van der Waals surface area contributed by atoms with E-state index in [4.69, 9.17) is 37.9 Å². The fourth-order valence-corrected chi connectivity index (χ4v) is 4.47. The number of pyridine rings is 1. The lowest BCUT2D eigenvalue weighted by molar-refractivity contribution is 0.0897. The Labute approximate surface area is 205 Å². The summed E-state index contributed by atoms with van der Waals surface area (Å²) in [6, 6.07) is 22.8. The van der Waals surface area contributed by atoms with Crippen molar-refractivity contribution in [1.82, 2.24) is 14.5 Å². The molecule has 0 unspecified atom stereocenters. The number of nitrogens with zero attached hydrogens (tertiary/aromatic N) is 4. The van der Waals surface area contributed by atoms with Crippen molar-refractivity contribution in [3.05, 3.63) is 88.2 Å². The van der Waals surface area contributed by atoms with Gasteiger partial charge in [0.1, 0.15) is 12.2 Å². The van der Waals surface area contributed by atoms with Gasteiger partial charge in [-0.25, -0.2) is 15.0 Å². The largest absolute Gasteiger partial charge is 0.361 e. The van der Waals surface area contributed by atoms with Crippen molar-refractivity contribution >= 4 is 54.0 Å². The molecule has 0 aliphatic rings. The minimum absolute atomic E-state index is 0.280. The van der Waals surface area contributed by atoms with E-state index in [0.29, 0.717) is 33.9 Å². The molecule has 0 spiro atoms. The maximum Gasteiger partial charge on any atom is 0.206 e. The number of rotatable bonds is 8. The van der Waals surface area contributed by atoms with Crippen molar-refractivity contribution < 1.29 is 4.74 Å². The molecule has 2 heterocycles. The van der Waals surface area contributed by atoms with E-state index < -0.39 is 8.07 Å². The van der Waals surface area contributed by atoms with Crippen LogP contribution in [0.25, 0.3) is 11.2 Å². The van der Waals surface area contributed by atoms with Crippen LogP contribution in [0.5, 0.6) is 0 Å². The zero-order valence-corrected chi connectivity index (χ0v) is 21.4. The summed E-state index contributed by atoms with van der Waals surface area (Å²) in [5.74, 6) is 0.409. The molecular formula is C25H26Cl2N4OSi. The van der Waals surface area contributed by atoms with E-state index in [1.165, 1.54) is 0 Å². The summed E-state index contributed by atoms with van der Waals surface area (Å²) in [7, 11) is -1.18. The van der Waals surface area contributed by atoms with Gasteiger partial charge in [0.05, 0.1) is 10.7 Å². The van der Waals surface area contributed by atoms with Crippen LogP contribution in [-0.4, -0.2) is 34.9 Å². The molecule has 0 amide bonds. The number of hydrogen-bond acceptors (Lipinski definition) is 4. The lowest BCUT2D eigenvalue weighted by Gasteiger charge is -2.15. The second-order valence-corrected chi connectivity index (χ2v) is 15.4. The minimum atomic E-state index is -1.18. The molecule has 0 bridgehead atoms. The van der Waals surface area contributed by atoms with Gasteiger partial charge in [0, 0.05) is 25.8 Å². The Morgan fingerprint density at radius 1 is 0.939 bits per heavy atom. The van der Waals surface area contributed by atoms with Gasteiger partial charge in [-0.1, -0.05) is 91.9 Å². The topological polar surface area (TPSA) is 52.3 Å². The third-order valence-corrected chi connectivity index (χ3v) is 7.41. The van der Waals surface area contributed by atoms with Crippen molar-refractivity contribution in [2.24, 2.45) is 4.99 Å². The van der Waals surface area contributed by atoms with E-state index in [0.717, 1.165) is 22.9 Å². The van der Waals surface area contributed by atoms with Crippen LogP contribution in [0.15, 0.2) is 71.7 Å². The number of aromatic nitrogens is 3. The molecule has 0 saturated heterocycles. The summed E-state index contributed by atoms with van der Waals surface area (Å²) in [5.41, 5.74) is 3.94. The molecule has 4 aromatic rings. The van der Waals surface area contributed by atoms with Crippen molar-refractivity contribution in [3.63, 3.8) is 0 Å². The number of hydrogen-bond donors (Lipinski definition) is 0. The van der Waals surface area contributed by atoms with Gasteiger partial charge in [-0.15, -0.1) is 0 Å². The lowest BCUT2D eigenvalue weighted by Crippen LogP contribution is -2.22. The van der Waals surface area contributed by atoms with Gasteiger partial charge in [0.25, 0.3) is 0 Å². The highest BCUT2D eigenvalue weighted by Crippen LogP contribution is 2.30. The normalized spacial score (nSPS) is 11.7. The molecule has 5 nitrogen and oxygen atoms in total. The highest BCUT2D eigenvalue weighted by molar-refractivity contribution is 6.76. The third-order valence-electron chi connectivity index (χ3n) is 5.14. The maximum absolute atomic E-state index is 6.57. The number of aliphatic imine (C=N–C) groups is 1. The zero-order chi connectivity index (χ0) is 23.4. The average molecular weight is 498 g/mol. The predicted octanol–water partition coefficient (Wildman–Crippen LogP) is 7.22. The van der Waals surface area contributed by atoms with Gasteiger partial charge < -0.3 is 4.74 Å². The molecule has 33 heavy (non-hydrogen) atoms. The minimum Gasteiger partial charge on any atom is -0.361 e. The molecule has 8 heteroatoms. The van der Waals surface area contributed by atoms with Crippen LogP contribution in [0.1, 0.15) is 11.1 Å². The molecule has 0 saturated carbocycles. The summed E-state index contributed by atoms with van der Waals surface area (Å²) < 4.78 is 7.65. The molecule has 2 aromatic heterocycles. The van der Waals surface area contributed by atoms with Gasteiger partial charge in [-0.05, 0) is 23.7 Å². The van der Waals surface area contributed by atoms with Crippen molar-refractivity contribution in [2.45, 2.75) is 32.4 Å². The highest BCUT2D eigenvalue weighted by Gasteiger charge is 2.17. The first kappa shape index (κ1) is 23.6. The quantitative estimate of drug-likeness (QED) is 0.147. The highest BCUT2D eigenvalue weighted by atomic mass is 35.5. The van der Waals surface area contributed by atoms with E-state index in [1.807, 2.05) is 60.7 Å². The average Bonchev–Trinajstić information content (AvgIpc) is 3.09. The molecule has 0 aliphatic carbocycles. The molecule has 4 rings (SSSR count). The predicted molar refractivity (Wildman–Crippen MR) is 140 cm³/mol. The van der Waals surface area contributed by atoms with Crippen LogP contribution in [0.3, 0.4) is 0 Å². The second kappa shape index (κ2) is 10.2. The molecule has 170 valence electrons. The van der Waals surface area contributed by atoms with Gasteiger partial charge in [-0.2, -0.15) is 0 Å². The Bertz CT molecular complexity index is 1230. The van der Waals surface area contributed by atoms with Gasteiger partial charge in [0.15, 0.2) is 11.5 Å². The molecule has 0 aliphatic heterocycles. The van der Waals surface area contributed by atoms with Crippen LogP contribution < -0.4 is 0 Å². The second-order valence-electron chi connectivity index (χ2n) is 8.99. The number of fused-ring (bicyclic) bond motifs is 1. The molecule has 0 radical (unpaired) electrons. The van der Waals surface area contributed by atoms with Crippen LogP contribution >= 0.6 is 23.2 Å². The number of benzene rings is 2. The Kier molecular flexibility index (Phi) is 7.29. The van der Waals surface area contributed by atoms with Crippen molar-refractivity contribution in [2.75, 3.05) is 6.61 Å². The Morgan fingerprint density at radius 2 is 1.55 bits per heavy atom. The van der Waals surface area contributed by atoms with Crippen LogP contribution in [0.2, 0.25) is 36.0 Å². The van der Waals surface area contributed by atoms with Crippen LogP contribution in [-0.2, 0) is 11.5 Å². The Morgan fingerprint density at radius 3 is 2.12 bits per heavy atom. The van der Waals surface area contributed by atoms with E-state index in [2.05, 4.69) is 24.6 Å². The monoisotopic (exact) mass is 496 g/mol.